The second kappa shape index (κ2) is 10.6. The van der Waals surface area contributed by atoms with Crippen molar-refractivity contribution in [3.63, 3.8) is 0 Å². The molecular formula is C12F26O3Si. The summed E-state index contributed by atoms with van der Waals surface area (Å²) in [5.41, 5.74) is -5.26. The van der Waals surface area contributed by atoms with E-state index in [1.165, 1.54) is 4.43 Å². The van der Waals surface area contributed by atoms with E-state index in [0.717, 1.165) is 0 Å². The fourth-order valence-electron chi connectivity index (χ4n) is 1.75. The Labute approximate surface area is 209 Å². The van der Waals surface area contributed by atoms with Crippen LogP contribution < -0.4 is 0 Å². The molecule has 0 atom stereocenters. The second-order valence-corrected chi connectivity index (χ2v) is 8.94. The SMILES string of the molecule is FC(F)=C(F)[Si](OC(F)(F)C(F)(F)F)(OC(F)(F)C(F)(F)F)OC(F)(F)C(F)(F)C(F)(F)C(F)(F)C(F)(F)C(F)(F)F. The summed E-state index contributed by atoms with van der Waals surface area (Å²) in [6.07, 6.45) is -53.6. The van der Waals surface area contributed by atoms with Gasteiger partial charge in [-0.3, -0.25) is 0 Å². The maximum atomic E-state index is 13.9. The van der Waals surface area contributed by atoms with Gasteiger partial charge < -0.3 is 13.3 Å². The summed E-state index contributed by atoms with van der Waals surface area (Å²) in [5, 5.41) is 0. The van der Waals surface area contributed by atoms with Crippen LogP contribution in [-0.4, -0.2) is 69.3 Å². The topological polar surface area (TPSA) is 27.7 Å². The largest absolute Gasteiger partial charge is 0.586 e. The summed E-state index contributed by atoms with van der Waals surface area (Å²) in [5.74, 6) is -35.9. The Morgan fingerprint density at radius 1 is 0.333 bits per heavy atom. The van der Waals surface area contributed by atoms with E-state index in [-0.39, 0.29) is 0 Å². The molecule has 0 fully saturated rings. The minimum atomic E-state index is -10.1. The van der Waals surface area contributed by atoms with Gasteiger partial charge in [0, 0.05) is 0 Å². The van der Waals surface area contributed by atoms with Crippen molar-refractivity contribution in [1.82, 2.24) is 0 Å². The summed E-state index contributed by atoms with van der Waals surface area (Å²) in [4.78, 5) is 0. The Kier molecular flexibility index (Phi) is 10.1. The second-order valence-electron chi connectivity index (χ2n) is 6.78. The molecule has 252 valence electrons. The molecule has 0 rings (SSSR count). The molecule has 0 aromatic heterocycles. The molecule has 0 N–H and O–H groups in total. The first-order valence-corrected chi connectivity index (χ1v) is 10.1. The highest BCUT2D eigenvalue weighted by Gasteiger charge is 2.92. The van der Waals surface area contributed by atoms with E-state index < -0.39 is 80.9 Å². The van der Waals surface area contributed by atoms with Crippen molar-refractivity contribution in [1.29, 1.82) is 0 Å². The van der Waals surface area contributed by atoms with Crippen molar-refractivity contribution < 1.29 is 127 Å². The predicted molar refractivity (Wildman–Crippen MR) is 72.2 cm³/mol. The molecule has 0 bridgehead atoms. The highest BCUT2D eigenvalue weighted by atomic mass is 28.4. The van der Waals surface area contributed by atoms with Gasteiger partial charge in [0.15, 0.2) is 0 Å². The molecule has 3 nitrogen and oxygen atoms in total. The van der Waals surface area contributed by atoms with Crippen LogP contribution in [0.1, 0.15) is 0 Å². The Bertz CT molecular complexity index is 969. The van der Waals surface area contributed by atoms with Crippen molar-refractivity contribution in [2.24, 2.45) is 0 Å². The summed E-state index contributed by atoms with van der Waals surface area (Å²) >= 11 is 0. The number of hydrogen-bond donors (Lipinski definition) is 0. The van der Waals surface area contributed by atoms with E-state index in [2.05, 4.69) is 0 Å². The molecule has 0 spiro atoms. The monoisotopic (exact) mass is 714 g/mol. The summed E-state index contributed by atoms with van der Waals surface area (Å²) < 4.78 is 340. The summed E-state index contributed by atoms with van der Waals surface area (Å²) in [6, 6.07) is 0. The standard InChI is InChI=1S/C12F26O3Si/c13-1(14)2(15)42(40-11(35,36)8(27,28)29,41-12(37,38)9(30,31)32)39-10(33,34)6(22,23)4(18,19)3(16,17)5(20,21)7(24,25)26. The molecule has 0 aliphatic heterocycles. The lowest BCUT2D eigenvalue weighted by atomic mass is 9.97. The molecule has 0 saturated heterocycles. The van der Waals surface area contributed by atoms with Crippen LogP contribution in [0.15, 0.2) is 11.5 Å². The Balaban J connectivity index is 7.72. The Morgan fingerprint density at radius 2 is 0.595 bits per heavy atom. The lowest BCUT2D eigenvalue weighted by molar-refractivity contribution is -0.464. The molecule has 0 amide bonds. The molecule has 30 heteroatoms. The number of hydrogen-bond acceptors (Lipinski definition) is 3. The molecule has 0 aromatic rings. The van der Waals surface area contributed by atoms with E-state index in [4.69, 9.17) is 0 Å². The molecule has 42 heavy (non-hydrogen) atoms. The van der Waals surface area contributed by atoms with Crippen molar-refractivity contribution in [3.8, 4) is 0 Å². The lowest BCUT2D eigenvalue weighted by Gasteiger charge is -2.42. The Hall–Kier alpha value is -1.98. The zero-order chi connectivity index (χ0) is 34.8. The van der Waals surface area contributed by atoms with Gasteiger partial charge in [-0.1, -0.05) is 0 Å². The fraction of sp³-hybridized carbons (Fsp3) is 0.833. The van der Waals surface area contributed by atoms with E-state index in [1.807, 2.05) is 0 Å². The molecule has 0 heterocycles. The minimum Gasteiger partial charge on any atom is -0.303 e. The number of alkyl halides is 23. The minimum absolute atomic E-state index is 1.45. The number of halogens is 26. The Morgan fingerprint density at radius 3 is 0.833 bits per heavy atom. The van der Waals surface area contributed by atoms with Crippen LogP contribution >= 0.6 is 0 Å². The van der Waals surface area contributed by atoms with E-state index in [0.29, 0.717) is 0 Å². The molecule has 0 unspecified atom stereocenters. The van der Waals surface area contributed by atoms with Gasteiger partial charge >= 0.3 is 75.4 Å². The normalized spacial score (nSPS) is 16.1. The molecule has 0 aliphatic rings. The van der Waals surface area contributed by atoms with Gasteiger partial charge in [-0.05, 0) is 0 Å². The predicted octanol–water partition coefficient (Wildman–Crippen LogP) is 8.60. The van der Waals surface area contributed by atoms with Crippen molar-refractivity contribution in [2.45, 2.75) is 60.5 Å². The van der Waals surface area contributed by atoms with Gasteiger partial charge in [0.1, 0.15) is 0 Å². The van der Waals surface area contributed by atoms with E-state index in [1.54, 1.807) is 8.85 Å². The molecule has 0 aromatic carbocycles. The zero-order valence-corrected chi connectivity index (χ0v) is 18.6. The highest BCUT2D eigenvalue weighted by Crippen LogP contribution is 2.61. The van der Waals surface area contributed by atoms with Crippen LogP contribution in [0.3, 0.4) is 0 Å². The fourth-order valence-corrected chi connectivity index (χ4v) is 3.75. The number of rotatable bonds is 11. The van der Waals surface area contributed by atoms with E-state index >= 15 is 0 Å². The quantitative estimate of drug-likeness (QED) is 0.159. The van der Waals surface area contributed by atoms with Gasteiger partial charge in [0.2, 0.25) is 5.45 Å². The first-order chi connectivity index (χ1) is 17.7. The third-order valence-corrected chi connectivity index (χ3v) is 6.09. The smallest absolute Gasteiger partial charge is 0.303 e. The van der Waals surface area contributed by atoms with Gasteiger partial charge in [-0.25, -0.2) is 4.39 Å². The van der Waals surface area contributed by atoms with Crippen LogP contribution in [0, 0.1) is 0 Å². The van der Waals surface area contributed by atoms with Gasteiger partial charge in [-0.2, -0.15) is 110 Å². The lowest BCUT2D eigenvalue weighted by Crippen LogP contribution is -2.72. The molecule has 0 saturated carbocycles. The van der Waals surface area contributed by atoms with Gasteiger partial charge in [0.25, 0.3) is 0 Å². The van der Waals surface area contributed by atoms with Crippen LogP contribution in [-0.2, 0) is 13.3 Å². The van der Waals surface area contributed by atoms with Gasteiger partial charge in [0.05, 0.1) is 0 Å². The van der Waals surface area contributed by atoms with Crippen LogP contribution in [0.2, 0.25) is 0 Å². The first kappa shape index (κ1) is 40.0. The van der Waals surface area contributed by atoms with Crippen LogP contribution in [0.4, 0.5) is 114 Å². The average molecular weight is 714 g/mol. The third kappa shape index (κ3) is 6.57. The third-order valence-electron chi connectivity index (χ3n) is 3.79. The average Bonchev–Trinajstić information content (AvgIpc) is 2.68. The van der Waals surface area contributed by atoms with Crippen molar-refractivity contribution in [3.05, 3.63) is 11.5 Å². The van der Waals surface area contributed by atoms with E-state index in [9.17, 15) is 114 Å². The molecule has 0 aliphatic carbocycles. The molecule has 0 radical (unpaired) electrons. The summed E-state index contributed by atoms with van der Waals surface area (Å²) in [6.45, 7) is 0. The first-order valence-electron chi connectivity index (χ1n) is 8.39. The van der Waals surface area contributed by atoms with Gasteiger partial charge in [-0.15, -0.1) is 0 Å². The highest BCUT2D eigenvalue weighted by molar-refractivity contribution is 6.68. The maximum Gasteiger partial charge on any atom is 0.586 e. The van der Waals surface area contributed by atoms with Crippen molar-refractivity contribution in [2.75, 3.05) is 0 Å². The maximum absolute atomic E-state index is 13.9. The molecular weight excluding hydrogens is 714 g/mol. The van der Waals surface area contributed by atoms with Crippen LogP contribution in [0.5, 0.6) is 0 Å². The van der Waals surface area contributed by atoms with Crippen molar-refractivity contribution >= 4 is 8.80 Å². The summed E-state index contributed by atoms with van der Waals surface area (Å²) in [7, 11) is -10.1. The van der Waals surface area contributed by atoms with Crippen LogP contribution in [0.25, 0.3) is 0 Å². The zero-order valence-electron chi connectivity index (χ0n) is 17.6.